The van der Waals surface area contributed by atoms with Crippen LogP contribution in [0, 0.1) is 34.7 Å². The molecule has 0 unspecified atom stereocenters. The maximum atomic E-state index is 14.4. The number of nitrogens with one attached hydrogen (secondary N) is 1. The Morgan fingerprint density at radius 3 is 2.33 bits per heavy atom. The Kier molecular flexibility index (Phi) is 4.98. The van der Waals surface area contributed by atoms with Gasteiger partial charge in [-0.25, -0.2) is 18.2 Å². The number of fused-ring (bicyclic) bond motifs is 1. The first kappa shape index (κ1) is 19.0. The third-order valence-corrected chi connectivity index (χ3v) is 4.62. The molecule has 0 spiro atoms. The number of nitriles is 1. The topological polar surface area (TPSA) is 66.0 Å². The van der Waals surface area contributed by atoms with Gasteiger partial charge in [0.2, 0.25) is 0 Å². The van der Waals surface area contributed by atoms with E-state index in [0.29, 0.717) is 12.1 Å². The number of anilines is 1. The molecule has 3 rings (SSSR count). The molecule has 1 N–H and O–H groups in total. The molecule has 2 aromatic heterocycles. The molecule has 3 aromatic rings. The van der Waals surface area contributed by atoms with Crippen LogP contribution in [0.2, 0.25) is 5.15 Å². The monoisotopic (exact) mass is 393 g/mol. The van der Waals surface area contributed by atoms with E-state index in [1.54, 1.807) is 0 Å². The van der Waals surface area contributed by atoms with E-state index in [4.69, 9.17) is 11.6 Å². The normalized spacial score (nSPS) is 12.4. The van der Waals surface area contributed by atoms with Crippen LogP contribution >= 0.6 is 11.6 Å². The number of halogens is 4. The van der Waals surface area contributed by atoms with Crippen LogP contribution < -0.4 is 5.32 Å². The van der Waals surface area contributed by atoms with Crippen LogP contribution in [-0.4, -0.2) is 20.6 Å². The molecule has 9 heteroatoms. The molecular weight excluding hydrogens is 379 g/mol. The minimum absolute atomic E-state index is 0.0979. The number of hydrogen-bond acceptors (Lipinski definition) is 4. The predicted octanol–water partition coefficient (Wildman–Crippen LogP) is 4.80. The van der Waals surface area contributed by atoms with E-state index in [0.717, 1.165) is 0 Å². The summed E-state index contributed by atoms with van der Waals surface area (Å²) >= 11 is 6.25. The minimum Gasteiger partial charge on any atom is -0.367 e. The maximum absolute atomic E-state index is 14.4. The van der Waals surface area contributed by atoms with Crippen molar-refractivity contribution in [2.45, 2.75) is 26.8 Å². The molecule has 0 radical (unpaired) electrons. The van der Waals surface area contributed by atoms with E-state index < -0.39 is 23.0 Å². The van der Waals surface area contributed by atoms with Gasteiger partial charge in [0.25, 0.3) is 0 Å². The molecule has 0 saturated heterocycles. The van der Waals surface area contributed by atoms with Gasteiger partial charge in [0, 0.05) is 18.2 Å². The van der Waals surface area contributed by atoms with Crippen LogP contribution in [-0.2, 0) is 0 Å². The molecule has 1 aromatic carbocycles. The largest absolute Gasteiger partial charge is 0.367 e. The van der Waals surface area contributed by atoms with Gasteiger partial charge in [0.05, 0.1) is 17.3 Å². The van der Waals surface area contributed by atoms with Crippen molar-refractivity contribution in [1.82, 2.24) is 14.6 Å². The summed E-state index contributed by atoms with van der Waals surface area (Å²) < 4.78 is 43.5. The molecule has 0 amide bonds. The Hall–Kier alpha value is -2.79. The van der Waals surface area contributed by atoms with Crippen LogP contribution in [0.5, 0.6) is 0 Å². The summed E-state index contributed by atoms with van der Waals surface area (Å²) in [5, 5.41) is 16.2. The Morgan fingerprint density at radius 2 is 1.78 bits per heavy atom. The van der Waals surface area contributed by atoms with E-state index in [2.05, 4.69) is 15.4 Å². The second-order valence-electron chi connectivity index (χ2n) is 6.45. The maximum Gasteiger partial charge on any atom is 0.176 e. The number of rotatable bonds is 4. The lowest BCUT2D eigenvalue weighted by Crippen LogP contribution is -2.24. The second-order valence-corrected chi connectivity index (χ2v) is 6.81. The SMILES string of the molecule is CC(C)[C@@H](C)Nc1c(-c2c(F)cc(F)cc2F)c(Cl)nc2c(C#N)cnn12. The van der Waals surface area contributed by atoms with Crippen molar-refractivity contribution in [3.63, 3.8) is 0 Å². The third-order valence-electron chi connectivity index (χ3n) is 4.34. The highest BCUT2D eigenvalue weighted by Gasteiger charge is 2.26. The lowest BCUT2D eigenvalue weighted by molar-refractivity contribution is 0.546. The molecule has 0 bridgehead atoms. The summed E-state index contributed by atoms with van der Waals surface area (Å²) in [5.41, 5.74) is -0.320. The van der Waals surface area contributed by atoms with Gasteiger partial charge in [0.1, 0.15) is 40.1 Å². The van der Waals surface area contributed by atoms with Gasteiger partial charge in [-0.05, 0) is 12.8 Å². The fourth-order valence-corrected chi connectivity index (χ4v) is 2.83. The average molecular weight is 394 g/mol. The zero-order valence-electron chi connectivity index (χ0n) is 14.7. The van der Waals surface area contributed by atoms with Crippen LogP contribution in [0.15, 0.2) is 18.3 Å². The van der Waals surface area contributed by atoms with Gasteiger partial charge in [-0.3, -0.25) is 0 Å². The third kappa shape index (κ3) is 3.30. The lowest BCUT2D eigenvalue weighted by Gasteiger charge is -2.22. The van der Waals surface area contributed by atoms with Crippen molar-refractivity contribution in [2.24, 2.45) is 5.92 Å². The first-order valence-electron chi connectivity index (χ1n) is 8.13. The molecule has 2 heterocycles. The van der Waals surface area contributed by atoms with Gasteiger partial charge in [-0.2, -0.15) is 14.9 Å². The molecule has 27 heavy (non-hydrogen) atoms. The van der Waals surface area contributed by atoms with Crippen molar-refractivity contribution < 1.29 is 13.2 Å². The highest BCUT2D eigenvalue weighted by atomic mass is 35.5. The molecule has 0 aliphatic heterocycles. The van der Waals surface area contributed by atoms with Gasteiger partial charge in [-0.15, -0.1) is 0 Å². The standard InChI is InChI=1S/C18H15ClF3N5/c1-8(2)9(3)25-18-15(14-12(21)4-11(20)5-13(14)22)16(19)26-17-10(6-23)7-24-27(17)18/h4-5,7-9,25H,1-3H3/t9-/m1/s1. The van der Waals surface area contributed by atoms with E-state index >= 15 is 0 Å². The van der Waals surface area contributed by atoms with Crippen molar-refractivity contribution in [3.05, 3.63) is 46.5 Å². The number of hydrogen-bond donors (Lipinski definition) is 1. The number of nitrogens with zero attached hydrogens (tertiary/aromatic N) is 4. The molecular formula is C18H15ClF3N5. The fraction of sp³-hybridized carbons (Fsp3) is 0.278. The first-order chi connectivity index (χ1) is 12.7. The summed E-state index contributed by atoms with van der Waals surface area (Å²) in [6.45, 7) is 5.79. The Balaban J connectivity index is 2.39. The molecule has 140 valence electrons. The van der Waals surface area contributed by atoms with Crippen molar-refractivity contribution in [2.75, 3.05) is 5.32 Å². The molecule has 1 atom stereocenters. The first-order valence-corrected chi connectivity index (χ1v) is 8.51. The number of aromatic nitrogens is 3. The van der Waals surface area contributed by atoms with Crippen molar-refractivity contribution in [3.8, 4) is 17.2 Å². The Morgan fingerprint density at radius 1 is 1.15 bits per heavy atom. The second kappa shape index (κ2) is 7.08. The Bertz CT molecular complexity index is 1050. The van der Waals surface area contributed by atoms with Gasteiger partial charge in [0.15, 0.2) is 5.65 Å². The predicted molar refractivity (Wildman–Crippen MR) is 95.9 cm³/mol. The van der Waals surface area contributed by atoms with Crippen LogP contribution in [0.25, 0.3) is 16.8 Å². The van der Waals surface area contributed by atoms with E-state index in [1.165, 1.54) is 10.7 Å². The summed E-state index contributed by atoms with van der Waals surface area (Å²) in [6, 6.07) is 2.94. The van der Waals surface area contributed by atoms with Gasteiger partial charge < -0.3 is 5.32 Å². The van der Waals surface area contributed by atoms with Crippen LogP contribution in [0.3, 0.4) is 0 Å². The van der Waals surface area contributed by atoms with Crippen LogP contribution in [0.4, 0.5) is 19.0 Å². The van der Waals surface area contributed by atoms with Crippen molar-refractivity contribution in [1.29, 1.82) is 5.26 Å². The minimum atomic E-state index is -1.12. The summed E-state index contributed by atoms with van der Waals surface area (Å²) in [6.07, 6.45) is 1.28. The van der Waals surface area contributed by atoms with E-state index in [-0.39, 0.29) is 39.7 Å². The average Bonchev–Trinajstić information content (AvgIpc) is 2.98. The molecule has 0 aliphatic carbocycles. The van der Waals surface area contributed by atoms with E-state index in [1.807, 2.05) is 26.8 Å². The van der Waals surface area contributed by atoms with Gasteiger partial charge in [-0.1, -0.05) is 25.4 Å². The molecule has 0 aliphatic rings. The number of benzene rings is 1. The highest BCUT2D eigenvalue weighted by Crippen LogP contribution is 2.38. The lowest BCUT2D eigenvalue weighted by atomic mass is 10.0. The van der Waals surface area contributed by atoms with Crippen molar-refractivity contribution >= 4 is 23.1 Å². The van der Waals surface area contributed by atoms with Gasteiger partial charge >= 0.3 is 0 Å². The molecule has 0 saturated carbocycles. The smallest absolute Gasteiger partial charge is 0.176 e. The summed E-state index contributed by atoms with van der Waals surface area (Å²) in [7, 11) is 0. The zero-order valence-corrected chi connectivity index (χ0v) is 15.4. The zero-order chi connectivity index (χ0) is 19.9. The highest BCUT2D eigenvalue weighted by molar-refractivity contribution is 6.33. The quantitative estimate of drug-likeness (QED) is 0.647. The van der Waals surface area contributed by atoms with E-state index in [9.17, 15) is 18.4 Å². The fourth-order valence-electron chi connectivity index (χ4n) is 2.56. The molecule has 0 fully saturated rings. The van der Waals surface area contributed by atoms with Crippen LogP contribution in [0.1, 0.15) is 26.3 Å². The summed E-state index contributed by atoms with van der Waals surface area (Å²) in [4.78, 5) is 4.08. The Labute approximate surface area is 158 Å². The molecule has 5 nitrogen and oxygen atoms in total. The summed E-state index contributed by atoms with van der Waals surface area (Å²) in [5.74, 6) is -2.97.